The molecule has 1 aromatic rings. The summed E-state index contributed by atoms with van der Waals surface area (Å²) in [6, 6.07) is 3.37. The zero-order chi connectivity index (χ0) is 12.3. The van der Waals surface area contributed by atoms with Crippen LogP contribution >= 0.6 is 11.3 Å². The first-order valence-corrected chi connectivity index (χ1v) is 6.54. The predicted molar refractivity (Wildman–Crippen MR) is 66.2 cm³/mol. The summed E-state index contributed by atoms with van der Waals surface area (Å²) < 4.78 is 5.48. The highest BCUT2D eigenvalue weighted by atomic mass is 32.1. The van der Waals surface area contributed by atoms with Crippen LogP contribution in [-0.4, -0.2) is 24.2 Å². The molecule has 94 valence electrons. The van der Waals surface area contributed by atoms with Crippen LogP contribution < -0.4 is 5.32 Å². The van der Waals surface area contributed by atoms with Gasteiger partial charge in [-0.1, -0.05) is 11.3 Å². The summed E-state index contributed by atoms with van der Waals surface area (Å²) in [6.07, 6.45) is 1.42. The Bertz CT molecular complexity index is 394. The van der Waals surface area contributed by atoms with Crippen molar-refractivity contribution in [3.63, 3.8) is 0 Å². The van der Waals surface area contributed by atoms with Crippen molar-refractivity contribution in [3.8, 4) is 0 Å². The van der Waals surface area contributed by atoms with Crippen LogP contribution in [0.5, 0.6) is 0 Å². The fraction of sp³-hybridized carbons (Fsp3) is 0.636. The van der Waals surface area contributed by atoms with Crippen molar-refractivity contribution in [1.29, 1.82) is 0 Å². The van der Waals surface area contributed by atoms with E-state index in [4.69, 9.17) is 4.74 Å². The molecule has 2 atom stereocenters. The molecule has 0 aromatic carbocycles. The number of nitrogens with one attached hydrogen (secondary N) is 1. The number of rotatable bonds is 5. The number of hydrogen-bond acceptors (Lipinski definition) is 5. The average molecular weight is 256 g/mol. The SMILES string of the molecule is CC1OCCC1CNCc1ccc([N+](=O)[O-])s1. The molecule has 0 radical (unpaired) electrons. The molecule has 0 bridgehead atoms. The third kappa shape index (κ3) is 3.24. The van der Waals surface area contributed by atoms with Gasteiger partial charge in [-0.2, -0.15) is 0 Å². The van der Waals surface area contributed by atoms with Gasteiger partial charge in [0.1, 0.15) is 0 Å². The van der Waals surface area contributed by atoms with E-state index in [1.54, 1.807) is 6.07 Å². The highest BCUT2D eigenvalue weighted by Crippen LogP contribution is 2.24. The number of hydrogen-bond donors (Lipinski definition) is 1. The minimum absolute atomic E-state index is 0.208. The minimum Gasteiger partial charge on any atom is -0.378 e. The van der Waals surface area contributed by atoms with Crippen molar-refractivity contribution < 1.29 is 9.66 Å². The molecule has 1 aromatic heterocycles. The van der Waals surface area contributed by atoms with E-state index in [1.807, 2.05) is 6.07 Å². The molecular formula is C11H16N2O3S. The number of nitrogens with zero attached hydrogens (tertiary/aromatic N) is 1. The Morgan fingerprint density at radius 2 is 2.47 bits per heavy atom. The van der Waals surface area contributed by atoms with E-state index in [0.717, 1.165) is 24.4 Å². The van der Waals surface area contributed by atoms with Gasteiger partial charge in [-0.15, -0.1) is 0 Å². The molecule has 1 aliphatic rings. The van der Waals surface area contributed by atoms with Gasteiger partial charge in [0.05, 0.1) is 11.0 Å². The Balaban J connectivity index is 1.76. The van der Waals surface area contributed by atoms with Gasteiger partial charge < -0.3 is 10.1 Å². The molecule has 1 aliphatic heterocycles. The van der Waals surface area contributed by atoms with E-state index in [9.17, 15) is 10.1 Å². The highest BCUT2D eigenvalue weighted by molar-refractivity contribution is 7.15. The number of thiophene rings is 1. The van der Waals surface area contributed by atoms with E-state index in [1.165, 1.54) is 11.3 Å². The summed E-state index contributed by atoms with van der Waals surface area (Å²) in [7, 11) is 0. The zero-order valence-corrected chi connectivity index (χ0v) is 10.5. The minimum atomic E-state index is -0.346. The summed E-state index contributed by atoms with van der Waals surface area (Å²) >= 11 is 1.23. The lowest BCUT2D eigenvalue weighted by molar-refractivity contribution is -0.380. The molecule has 0 saturated carbocycles. The van der Waals surface area contributed by atoms with Gasteiger partial charge in [0, 0.05) is 30.6 Å². The largest absolute Gasteiger partial charge is 0.378 e. The number of nitro groups is 1. The van der Waals surface area contributed by atoms with Crippen molar-refractivity contribution in [3.05, 3.63) is 27.1 Å². The molecule has 2 rings (SSSR count). The predicted octanol–water partition coefficient (Wildman–Crippen LogP) is 2.17. The topological polar surface area (TPSA) is 64.4 Å². The van der Waals surface area contributed by atoms with Crippen LogP contribution in [0.15, 0.2) is 12.1 Å². The fourth-order valence-electron chi connectivity index (χ4n) is 1.98. The lowest BCUT2D eigenvalue weighted by Crippen LogP contribution is -2.26. The molecule has 1 fully saturated rings. The van der Waals surface area contributed by atoms with Crippen LogP contribution in [0.3, 0.4) is 0 Å². The standard InChI is InChI=1S/C11H16N2O3S/c1-8-9(4-5-16-8)6-12-7-10-2-3-11(17-10)13(14)15/h2-3,8-9,12H,4-7H2,1H3. The Kier molecular flexibility index (Phi) is 4.09. The van der Waals surface area contributed by atoms with Gasteiger partial charge in [0.2, 0.25) is 0 Å². The quantitative estimate of drug-likeness (QED) is 0.647. The normalized spacial score (nSPS) is 24.1. The van der Waals surface area contributed by atoms with Crippen LogP contribution in [-0.2, 0) is 11.3 Å². The van der Waals surface area contributed by atoms with Gasteiger partial charge in [-0.25, -0.2) is 0 Å². The summed E-state index contributed by atoms with van der Waals surface area (Å²) in [5.41, 5.74) is 0. The third-order valence-corrected chi connectivity index (χ3v) is 4.10. The highest BCUT2D eigenvalue weighted by Gasteiger charge is 2.23. The fourth-order valence-corrected chi connectivity index (χ4v) is 2.77. The smallest absolute Gasteiger partial charge is 0.324 e. The zero-order valence-electron chi connectivity index (χ0n) is 9.72. The first-order chi connectivity index (χ1) is 8.16. The Hall–Kier alpha value is -0.980. The van der Waals surface area contributed by atoms with E-state index in [2.05, 4.69) is 12.2 Å². The van der Waals surface area contributed by atoms with E-state index >= 15 is 0 Å². The second-order valence-electron chi connectivity index (χ2n) is 4.25. The average Bonchev–Trinajstić information content (AvgIpc) is 2.89. The summed E-state index contributed by atoms with van der Waals surface area (Å²) in [5.74, 6) is 0.560. The van der Waals surface area contributed by atoms with Crippen LogP contribution in [0, 0.1) is 16.0 Å². The van der Waals surface area contributed by atoms with Gasteiger partial charge in [0.15, 0.2) is 0 Å². The molecule has 17 heavy (non-hydrogen) atoms. The van der Waals surface area contributed by atoms with Crippen LogP contribution in [0.2, 0.25) is 0 Å². The Labute approximate surface area is 104 Å². The van der Waals surface area contributed by atoms with Crippen LogP contribution in [0.1, 0.15) is 18.2 Å². The maximum Gasteiger partial charge on any atom is 0.324 e. The molecular weight excluding hydrogens is 240 g/mol. The molecule has 0 spiro atoms. The molecule has 5 nitrogen and oxygen atoms in total. The molecule has 0 amide bonds. The number of ether oxygens (including phenoxy) is 1. The van der Waals surface area contributed by atoms with Gasteiger partial charge in [0.25, 0.3) is 0 Å². The van der Waals surface area contributed by atoms with Gasteiger partial charge in [-0.05, 0) is 25.3 Å². The van der Waals surface area contributed by atoms with Gasteiger partial charge in [-0.3, -0.25) is 10.1 Å². The van der Waals surface area contributed by atoms with Crippen LogP contribution in [0.4, 0.5) is 5.00 Å². The summed E-state index contributed by atoms with van der Waals surface area (Å²) in [4.78, 5) is 11.2. The Morgan fingerprint density at radius 1 is 1.65 bits per heavy atom. The third-order valence-electron chi connectivity index (χ3n) is 3.07. The van der Waals surface area contributed by atoms with Crippen LogP contribution in [0.25, 0.3) is 0 Å². The second-order valence-corrected chi connectivity index (χ2v) is 5.40. The van der Waals surface area contributed by atoms with Gasteiger partial charge >= 0.3 is 5.00 Å². The van der Waals surface area contributed by atoms with E-state index in [-0.39, 0.29) is 9.92 Å². The maximum absolute atomic E-state index is 10.5. The van der Waals surface area contributed by atoms with Crippen molar-refractivity contribution in [1.82, 2.24) is 5.32 Å². The molecule has 2 unspecified atom stereocenters. The molecule has 1 saturated heterocycles. The maximum atomic E-state index is 10.5. The molecule has 6 heteroatoms. The lowest BCUT2D eigenvalue weighted by Gasteiger charge is -2.14. The summed E-state index contributed by atoms with van der Waals surface area (Å²) in [5, 5.41) is 14.1. The van der Waals surface area contributed by atoms with Crippen molar-refractivity contribution in [2.24, 2.45) is 5.92 Å². The van der Waals surface area contributed by atoms with Crippen molar-refractivity contribution >= 4 is 16.3 Å². The van der Waals surface area contributed by atoms with E-state index in [0.29, 0.717) is 18.6 Å². The Morgan fingerprint density at radius 3 is 3.06 bits per heavy atom. The first kappa shape index (κ1) is 12.5. The monoisotopic (exact) mass is 256 g/mol. The van der Waals surface area contributed by atoms with E-state index < -0.39 is 0 Å². The molecule has 2 heterocycles. The second kappa shape index (κ2) is 5.57. The van der Waals surface area contributed by atoms with Crippen molar-refractivity contribution in [2.45, 2.75) is 26.0 Å². The van der Waals surface area contributed by atoms with Crippen molar-refractivity contribution in [2.75, 3.05) is 13.2 Å². The lowest BCUT2D eigenvalue weighted by atomic mass is 10.0. The molecule has 0 aliphatic carbocycles. The molecule has 1 N–H and O–H groups in total. The summed E-state index contributed by atoms with van der Waals surface area (Å²) in [6.45, 7) is 4.54. The first-order valence-electron chi connectivity index (χ1n) is 5.72.